The third kappa shape index (κ3) is 5.42. The highest BCUT2D eigenvalue weighted by molar-refractivity contribution is 5.91. The molecule has 2 rings (SSSR count). The van der Waals surface area contributed by atoms with E-state index in [4.69, 9.17) is 4.74 Å². The Bertz CT molecular complexity index is 695. The molecule has 0 saturated heterocycles. The number of carbonyl (C=O) groups excluding carboxylic acids is 2. The first kappa shape index (κ1) is 21.6. The molecule has 0 fully saturated rings. The minimum Gasteiger partial charge on any atom is -0.467 e. The highest BCUT2D eigenvalue weighted by Crippen LogP contribution is 2.28. The lowest BCUT2D eigenvalue weighted by atomic mass is 9.89. The monoisotopic (exact) mass is 382 g/mol. The smallest absolute Gasteiger partial charge is 0.328 e. The van der Waals surface area contributed by atoms with Crippen LogP contribution < -0.4 is 5.32 Å². The van der Waals surface area contributed by atoms with Crippen LogP contribution >= 0.6 is 0 Å². The lowest BCUT2D eigenvalue weighted by Gasteiger charge is -2.33. The zero-order chi connectivity index (χ0) is 20.4. The summed E-state index contributed by atoms with van der Waals surface area (Å²) in [6, 6.07) is 18.8. The van der Waals surface area contributed by atoms with Gasteiger partial charge in [0.15, 0.2) is 0 Å². The van der Waals surface area contributed by atoms with Gasteiger partial charge in [-0.15, -0.1) is 0 Å². The van der Waals surface area contributed by atoms with Gasteiger partial charge in [0.05, 0.1) is 13.0 Å². The summed E-state index contributed by atoms with van der Waals surface area (Å²) >= 11 is 0. The second-order valence-corrected chi connectivity index (χ2v) is 6.69. The maximum absolute atomic E-state index is 13.8. The van der Waals surface area contributed by atoms with Crippen molar-refractivity contribution in [1.82, 2.24) is 10.2 Å². The number of nitrogens with zero attached hydrogens (tertiary/aromatic N) is 1. The fraction of sp³-hybridized carbons (Fsp3) is 0.391. The average molecular weight is 383 g/mol. The van der Waals surface area contributed by atoms with E-state index in [0.29, 0.717) is 13.0 Å². The average Bonchev–Trinajstić information content (AvgIpc) is 2.74. The van der Waals surface area contributed by atoms with Crippen LogP contribution in [0.2, 0.25) is 0 Å². The molecule has 0 aromatic heterocycles. The van der Waals surface area contributed by atoms with Gasteiger partial charge in [-0.05, 0) is 37.6 Å². The van der Waals surface area contributed by atoms with Crippen molar-refractivity contribution >= 4 is 11.9 Å². The zero-order valence-electron chi connectivity index (χ0n) is 16.9. The van der Waals surface area contributed by atoms with Crippen molar-refractivity contribution in [2.75, 3.05) is 27.2 Å². The quantitative estimate of drug-likeness (QED) is 0.506. The number of amides is 1. The van der Waals surface area contributed by atoms with Crippen molar-refractivity contribution in [2.45, 2.75) is 31.7 Å². The van der Waals surface area contributed by atoms with Gasteiger partial charge in [0.1, 0.15) is 6.04 Å². The number of benzene rings is 2. The predicted octanol–water partition coefficient (Wildman–Crippen LogP) is 3.21. The normalized spacial score (nSPS) is 11.9. The van der Waals surface area contributed by atoms with Gasteiger partial charge in [-0.2, -0.15) is 0 Å². The molecule has 28 heavy (non-hydrogen) atoms. The fourth-order valence-electron chi connectivity index (χ4n) is 3.43. The van der Waals surface area contributed by atoms with E-state index in [1.807, 2.05) is 74.6 Å². The zero-order valence-corrected chi connectivity index (χ0v) is 16.9. The molecule has 5 nitrogen and oxygen atoms in total. The molecular weight excluding hydrogens is 352 g/mol. The molecule has 0 aliphatic heterocycles. The van der Waals surface area contributed by atoms with Gasteiger partial charge in [0.25, 0.3) is 0 Å². The van der Waals surface area contributed by atoms with Crippen LogP contribution in [-0.2, 0) is 14.3 Å². The van der Waals surface area contributed by atoms with Crippen LogP contribution in [-0.4, -0.2) is 50.1 Å². The Labute approximate surface area is 167 Å². The van der Waals surface area contributed by atoms with Crippen molar-refractivity contribution in [3.8, 4) is 0 Å². The van der Waals surface area contributed by atoms with Crippen LogP contribution in [0, 0.1) is 0 Å². The van der Waals surface area contributed by atoms with Crippen LogP contribution in [0.25, 0.3) is 0 Å². The molecule has 0 aliphatic rings. The molecule has 0 heterocycles. The van der Waals surface area contributed by atoms with Crippen molar-refractivity contribution in [3.63, 3.8) is 0 Å². The Balaban J connectivity index is 2.44. The van der Waals surface area contributed by atoms with E-state index in [-0.39, 0.29) is 11.9 Å². The Morgan fingerprint density at radius 1 is 1.00 bits per heavy atom. The molecule has 1 atom stereocenters. The minimum absolute atomic E-state index is 0.0780. The van der Waals surface area contributed by atoms with Crippen LogP contribution in [0.1, 0.15) is 36.8 Å². The molecule has 1 N–H and O–H groups in total. The summed E-state index contributed by atoms with van der Waals surface area (Å²) in [5.74, 6) is -0.915. The summed E-state index contributed by atoms with van der Waals surface area (Å²) in [6.45, 7) is 3.16. The summed E-state index contributed by atoms with van der Waals surface area (Å²) in [7, 11) is 3.24. The largest absolute Gasteiger partial charge is 0.467 e. The summed E-state index contributed by atoms with van der Waals surface area (Å²) in [6.07, 6.45) is 1.26. The number of nitrogens with one attached hydrogen (secondary N) is 1. The molecule has 0 bridgehead atoms. The van der Waals surface area contributed by atoms with E-state index in [2.05, 4.69) is 5.32 Å². The number of esters is 1. The molecular formula is C23H30N2O3. The second kappa shape index (κ2) is 11.2. The third-order valence-corrected chi connectivity index (χ3v) is 4.86. The lowest BCUT2D eigenvalue weighted by molar-refractivity contribution is -0.153. The van der Waals surface area contributed by atoms with E-state index in [1.165, 1.54) is 7.11 Å². The number of ether oxygens (including phenoxy) is 1. The first-order valence-electron chi connectivity index (χ1n) is 9.76. The molecule has 0 saturated carbocycles. The number of carbonyl (C=O) groups is 2. The van der Waals surface area contributed by atoms with Crippen LogP contribution in [0.15, 0.2) is 60.7 Å². The molecule has 0 spiro atoms. The van der Waals surface area contributed by atoms with Gasteiger partial charge in [0.2, 0.25) is 5.91 Å². The van der Waals surface area contributed by atoms with Crippen LogP contribution in [0.4, 0.5) is 0 Å². The van der Waals surface area contributed by atoms with E-state index in [1.54, 1.807) is 4.90 Å². The third-order valence-electron chi connectivity index (χ3n) is 4.86. The molecule has 0 aliphatic carbocycles. The first-order chi connectivity index (χ1) is 13.6. The molecule has 1 amide bonds. The predicted molar refractivity (Wildman–Crippen MR) is 111 cm³/mol. The number of hydrogen-bond acceptors (Lipinski definition) is 4. The molecule has 0 radical (unpaired) electrons. The SMILES string of the molecule is CC[C@@H](C(=O)OC)N(CCCNC)C(=O)C(c1ccccc1)c1ccccc1. The van der Waals surface area contributed by atoms with Gasteiger partial charge in [-0.3, -0.25) is 4.79 Å². The van der Waals surface area contributed by atoms with Crippen molar-refractivity contribution in [3.05, 3.63) is 71.8 Å². The van der Waals surface area contributed by atoms with Crippen molar-refractivity contribution in [2.24, 2.45) is 0 Å². The lowest BCUT2D eigenvalue weighted by Crippen LogP contribution is -2.48. The van der Waals surface area contributed by atoms with Gasteiger partial charge in [0, 0.05) is 6.54 Å². The van der Waals surface area contributed by atoms with Crippen LogP contribution in [0.3, 0.4) is 0 Å². The minimum atomic E-state index is -0.593. The number of rotatable bonds is 10. The van der Waals surface area contributed by atoms with E-state index >= 15 is 0 Å². The summed E-state index contributed by atoms with van der Waals surface area (Å²) in [5.41, 5.74) is 1.83. The number of methoxy groups -OCH3 is 1. The summed E-state index contributed by atoms with van der Waals surface area (Å²) in [5, 5.41) is 3.10. The van der Waals surface area contributed by atoms with E-state index in [9.17, 15) is 9.59 Å². The van der Waals surface area contributed by atoms with Crippen molar-refractivity contribution < 1.29 is 14.3 Å². The first-order valence-corrected chi connectivity index (χ1v) is 9.76. The maximum atomic E-state index is 13.8. The molecule has 2 aromatic carbocycles. The summed E-state index contributed by atoms with van der Waals surface area (Å²) < 4.78 is 4.98. The van der Waals surface area contributed by atoms with E-state index < -0.39 is 12.0 Å². The Hall–Kier alpha value is -2.66. The van der Waals surface area contributed by atoms with Crippen molar-refractivity contribution in [1.29, 1.82) is 0 Å². The summed E-state index contributed by atoms with van der Waals surface area (Å²) in [4.78, 5) is 27.8. The second-order valence-electron chi connectivity index (χ2n) is 6.69. The van der Waals surface area contributed by atoms with Gasteiger partial charge in [-0.25, -0.2) is 4.79 Å². The van der Waals surface area contributed by atoms with Crippen LogP contribution in [0.5, 0.6) is 0 Å². The van der Waals surface area contributed by atoms with Gasteiger partial charge >= 0.3 is 5.97 Å². The molecule has 2 aromatic rings. The maximum Gasteiger partial charge on any atom is 0.328 e. The van der Waals surface area contributed by atoms with E-state index in [0.717, 1.165) is 24.1 Å². The Kier molecular flexibility index (Phi) is 8.69. The van der Waals surface area contributed by atoms with Gasteiger partial charge < -0.3 is 15.0 Å². The molecule has 0 unspecified atom stereocenters. The topological polar surface area (TPSA) is 58.6 Å². The molecule has 150 valence electrons. The Morgan fingerprint density at radius 3 is 1.96 bits per heavy atom. The number of hydrogen-bond donors (Lipinski definition) is 1. The standard InChI is InChI=1S/C23H30N2O3/c1-4-20(23(27)28-3)25(17-11-16-24-2)22(26)21(18-12-7-5-8-13-18)19-14-9-6-10-15-19/h5-10,12-15,20-21,24H,4,11,16-17H2,1-3H3/t20-/m0/s1. The fourth-order valence-corrected chi connectivity index (χ4v) is 3.43. The van der Waals surface area contributed by atoms with Gasteiger partial charge in [-0.1, -0.05) is 67.6 Å². The highest BCUT2D eigenvalue weighted by atomic mass is 16.5. The Morgan fingerprint density at radius 2 is 1.54 bits per heavy atom. The molecule has 5 heteroatoms. The highest BCUT2D eigenvalue weighted by Gasteiger charge is 2.34.